The largest absolute Gasteiger partial charge is 0.374 e. The predicted molar refractivity (Wildman–Crippen MR) is 87.0 cm³/mol. The maximum absolute atomic E-state index is 6.43. The average molecular weight is 282 g/mol. The second kappa shape index (κ2) is 5.94. The number of hydrogen-bond donors (Lipinski definition) is 0. The summed E-state index contributed by atoms with van der Waals surface area (Å²) in [6.07, 6.45) is 3.64. The van der Waals surface area contributed by atoms with E-state index in [1.165, 1.54) is 30.0 Å². The van der Waals surface area contributed by atoms with Crippen molar-refractivity contribution in [1.29, 1.82) is 0 Å². The Bertz CT molecular complexity index is 532. The molecule has 20 heavy (non-hydrogen) atoms. The molecule has 1 aliphatic heterocycles. The van der Waals surface area contributed by atoms with Gasteiger partial charge in [-0.3, -0.25) is 0 Å². The maximum Gasteiger partial charge on any atom is 0.110 e. The summed E-state index contributed by atoms with van der Waals surface area (Å²) in [6.45, 7) is 3.34. The second-order valence-electron chi connectivity index (χ2n) is 5.69. The fourth-order valence-corrected chi connectivity index (χ4v) is 6.40. The normalized spacial score (nSPS) is 24.2. The summed E-state index contributed by atoms with van der Waals surface area (Å²) in [5.41, 5.74) is 1.38. The van der Waals surface area contributed by atoms with Crippen LogP contribution >= 0.6 is 0 Å². The maximum atomic E-state index is 6.43. The molecular formula is C18H22OSi. The highest BCUT2D eigenvalue weighted by Gasteiger charge is 2.41. The number of ether oxygens (including phenoxy) is 1. The molecule has 1 aliphatic rings. The van der Waals surface area contributed by atoms with E-state index in [9.17, 15) is 0 Å². The molecule has 0 amide bonds. The fraction of sp³-hybridized carbons (Fsp3) is 0.333. The molecule has 0 aliphatic carbocycles. The highest BCUT2D eigenvalue weighted by Crippen LogP contribution is 2.37. The molecule has 104 valence electrons. The number of benzene rings is 2. The minimum absolute atomic E-state index is 0.0269. The molecule has 0 N–H and O–H groups in total. The molecule has 1 fully saturated rings. The Balaban J connectivity index is 2.02. The van der Waals surface area contributed by atoms with Crippen LogP contribution in [0.1, 0.15) is 24.8 Å². The van der Waals surface area contributed by atoms with Gasteiger partial charge in [-0.25, -0.2) is 0 Å². The Labute approximate surface area is 123 Å². The SMILES string of the molecule is C[SiH](c1ccccc1)C1(c2ccccc2)CCCCO1. The van der Waals surface area contributed by atoms with Crippen LogP contribution in [0.2, 0.25) is 6.55 Å². The Kier molecular flexibility index (Phi) is 4.04. The van der Waals surface area contributed by atoms with Gasteiger partial charge in [0.2, 0.25) is 0 Å². The van der Waals surface area contributed by atoms with Gasteiger partial charge in [0.05, 0.1) is 5.22 Å². The van der Waals surface area contributed by atoms with Gasteiger partial charge in [0.25, 0.3) is 0 Å². The minimum Gasteiger partial charge on any atom is -0.374 e. The van der Waals surface area contributed by atoms with E-state index in [0.29, 0.717) is 0 Å². The van der Waals surface area contributed by atoms with Gasteiger partial charge in [-0.05, 0) is 24.8 Å². The van der Waals surface area contributed by atoms with Crippen molar-refractivity contribution in [2.75, 3.05) is 6.61 Å². The summed E-state index contributed by atoms with van der Waals surface area (Å²) in [7, 11) is -1.23. The molecule has 2 atom stereocenters. The lowest BCUT2D eigenvalue weighted by atomic mass is 10.0. The molecule has 2 aromatic carbocycles. The van der Waals surface area contributed by atoms with E-state index < -0.39 is 8.80 Å². The smallest absolute Gasteiger partial charge is 0.110 e. The van der Waals surface area contributed by atoms with Gasteiger partial charge in [0.15, 0.2) is 0 Å². The molecule has 2 aromatic rings. The molecule has 3 rings (SSSR count). The van der Waals surface area contributed by atoms with Crippen LogP contribution in [0, 0.1) is 0 Å². The summed E-state index contributed by atoms with van der Waals surface area (Å²) in [5, 5.41) is 1.47. The van der Waals surface area contributed by atoms with Gasteiger partial charge in [-0.2, -0.15) is 0 Å². The molecule has 0 spiro atoms. The van der Waals surface area contributed by atoms with Crippen LogP contribution in [-0.2, 0) is 9.96 Å². The van der Waals surface area contributed by atoms with Crippen LogP contribution in [0.5, 0.6) is 0 Å². The second-order valence-corrected chi connectivity index (χ2v) is 8.74. The van der Waals surface area contributed by atoms with Crippen molar-refractivity contribution in [1.82, 2.24) is 0 Å². The Morgan fingerprint density at radius 2 is 1.55 bits per heavy atom. The zero-order valence-corrected chi connectivity index (χ0v) is 13.2. The average Bonchev–Trinajstić information content (AvgIpc) is 2.56. The van der Waals surface area contributed by atoms with E-state index in [1.807, 2.05) is 0 Å². The van der Waals surface area contributed by atoms with Gasteiger partial charge >= 0.3 is 0 Å². The monoisotopic (exact) mass is 282 g/mol. The topological polar surface area (TPSA) is 9.23 Å². The molecule has 1 saturated heterocycles. The standard InChI is InChI=1S/C18H22OSi/c1-20(17-12-6-3-7-13-17)18(14-8-9-15-19-18)16-10-4-2-5-11-16/h2-7,10-13,20H,8-9,14-15H2,1H3. The van der Waals surface area contributed by atoms with Crippen molar-refractivity contribution in [2.24, 2.45) is 0 Å². The van der Waals surface area contributed by atoms with Crippen molar-refractivity contribution < 1.29 is 4.74 Å². The number of hydrogen-bond acceptors (Lipinski definition) is 1. The summed E-state index contributed by atoms with van der Waals surface area (Å²) in [4.78, 5) is 0. The molecule has 0 saturated carbocycles. The Morgan fingerprint density at radius 3 is 2.15 bits per heavy atom. The van der Waals surface area contributed by atoms with Crippen LogP contribution in [0.4, 0.5) is 0 Å². The molecule has 0 aromatic heterocycles. The van der Waals surface area contributed by atoms with Crippen molar-refractivity contribution in [2.45, 2.75) is 31.0 Å². The molecule has 0 radical (unpaired) electrons. The van der Waals surface area contributed by atoms with E-state index in [2.05, 4.69) is 67.2 Å². The lowest BCUT2D eigenvalue weighted by molar-refractivity contribution is -0.0256. The highest BCUT2D eigenvalue weighted by atomic mass is 28.3. The highest BCUT2D eigenvalue weighted by molar-refractivity contribution is 6.74. The minimum atomic E-state index is -1.23. The molecule has 2 unspecified atom stereocenters. The fourth-order valence-electron chi connectivity index (χ4n) is 3.37. The summed E-state index contributed by atoms with van der Waals surface area (Å²) >= 11 is 0. The quantitative estimate of drug-likeness (QED) is 0.784. The van der Waals surface area contributed by atoms with Gasteiger partial charge < -0.3 is 4.74 Å². The molecule has 1 heterocycles. The Morgan fingerprint density at radius 1 is 0.900 bits per heavy atom. The van der Waals surface area contributed by atoms with Crippen LogP contribution in [-0.4, -0.2) is 15.4 Å². The molecule has 1 nitrogen and oxygen atoms in total. The van der Waals surface area contributed by atoms with Gasteiger partial charge in [-0.15, -0.1) is 0 Å². The van der Waals surface area contributed by atoms with E-state index in [1.54, 1.807) is 0 Å². The van der Waals surface area contributed by atoms with Crippen LogP contribution in [0.15, 0.2) is 60.7 Å². The zero-order chi connectivity index (χ0) is 13.8. The molecule has 2 heteroatoms. The molecule has 0 bridgehead atoms. The Hall–Kier alpha value is -1.38. The lowest BCUT2D eigenvalue weighted by Gasteiger charge is -2.42. The van der Waals surface area contributed by atoms with E-state index >= 15 is 0 Å². The predicted octanol–water partition coefficient (Wildman–Crippen LogP) is 3.39. The lowest BCUT2D eigenvalue weighted by Crippen LogP contribution is -2.52. The summed E-state index contributed by atoms with van der Waals surface area (Å²) in [5.74, 6) is 0. The van der Waals surface area contributed by atoms with Gasteiger partial charge in [0.1, 0.15) is 8.80 Å². The summed E-state index contributed by atoms with van der Waals surface area (Å²) < 4.78 is 6.43. The van der Waals surface area contributed by atoms with Crippen molar-refractivity contribution in [3.8, 4) is 0 Å². The van der Waals surface area contributed by atoms with Crippen LogP contribution < -0.4 is 5.19 Å². The first-order chi connectivity index (χ1) is 9.83. The number of rotatable bonds is 3. The van der Waals surface area contributed by atoms with E-state index in [-0.39, 0.29) is 5.22 Å². The first kappa shape index (κ1) is 13.6. The van der Waals surface area contributed by atoms with Crippen molar-refractivity contribution >= 4 is 14.0 Å². The zero-order valence-electron chi connectivity index (χ0n) is 12.1. The third-order valence-electron chi connectivity index (χ3n) is 4.56. The third kappa shape index (κ3) is 2.46. The summed E-state index contributed by atoms with van der Waals surface area (Å²) in [6, 6.07) is 21.8. The van der Waals surface area contributed by atoms with Crippen LogP contribution in [0.3, 0.4) is 0 Å². The molecular weight excluding hydrogens is 260 g/mol. The van der Waals surface area contributed by atoms with E-state index in [0.717, 1.165) is 6.61 Å². The van der Waals surface area contributed by atoms with Crippen LogP contribution in [0.25, 0.3) is 0 Å². The van der Waals surface area contributed by atoms with Crippen molar-refractivity contribution in [3.63, 3.8) is 0 Å². The van der Waals surface area contributed by atoms with E-state index in [4.69, 9.17) is 4.74 Å². The first-order valence-corrected chi connectivity index (χ1v) is 9.88. The van der Waals surface area contributed by atoms with Gasteiger partial charge in [0, 0.05) is 6.61 Å². The van der Waals surface area contributed by atoms with Gasteiger partial charge in [-0.1, -0.05) is 72.4 Å². The third-order valence-corrected chi connectivity index (χ3v) is 8.14. The first-order valence-electron chi connectivity index (χ1n) is 7.57. The van der Waals surface area contributed by atoms with Crippen molar-refractivity contribution in [3.05, 3.63) is 66.2 Å².